The molecule has 1 saturated heterocycles. The van der Waals surface area contributed by atoms with Gasteiger partial charge < -0.3 is 5.32 Å². The van der Waals surface area contributed by atoms with Crippen LogP contribution in [0, 0.1) is 5.82 Å². The molecule has 0 aliphatic carbocycles. The van der Waals surface area contributed by atoms with Crippen molar-refractivity contribution in [2.45, 2.75) is 37.9 Å². The highest BCUT2D eigenvalue weighted by Gasteiger charge is 2.31. The van der Waals surface area contributed by atoms with E-state index in [4.69, 9.17) is 0 Å². The summed E-state index contributed by atoms with van der Waals surface area (Å²) in [6.07, 6.45) is -1.36. The summed E-state index contributed by atoms with van der Waals surface area (Å²) in [5, 5.41) is 2.56. The van der Waals surface area contributed by atoms with E-state index >= 15 is 0 Å². The van der Waals surface area contributed by atoms with E-state index in [9.17, 15) is 22.4 Å². The number of nitrogens with zero attached hydrogens (tertiary/aromatic N) is 1. The Kier molecular flexibility index (Phi) is 6.34. The van der Waals surface area contributed by atoms with Crippen molar-refractivity contribution in [2.75, 3.05) is 18.4 Å². The van der Waals surface area contributed by atoms with E-state index in [0.29, 0.717) is 6.54 Å². The van der Waals surface area contributed by atoms with Crippen LogP contribution >= 0.6 is 0 Å². The van der Waals surface area contributed by atoms with Gasteiger partial charge in [0.25, 0.3) is 0 Å². The van der Waals surface area contributed by atoms with Gasteiger partial charge in [0.05, 0.1) is 11.3 Å². The lowest BCUT2D eigenvalue weighted by Crippen LogP contribution is -2.35. The number of alkyl halides is 3. The number of halogens is 4. The number of nitrogens with one attached hydrogen (secondary N) is 1. The molecular formula is C21H22F4N2O. The molecule has 1 unspecified atom stereocenters. The minimum absolute atomic E-state index is 0.0164. The number of carbonyl (C=O) groups excluding carboxylic acids is 1. The molecule has 2 aromatic rings. The lowest BCUT2D eigenvalue weighted by Gasteiger charge is -2.36. The second kappa shape index (κ2) is 8.73. The Bertz CT molecular complexity index is 805. The molecule has 0 bridgehead atoms. The number of amides is 1. The van der Waals surface area contributed by atoms with Crippen LogP contribution in [0.25, 0.3) is 0 Å². The molecule has 7 heteroatoms. The summed E-state index contributed by atoms with van der Waals surface area (Å²) in [5.74, 6) is -0.779. The lowest BCUT2D eigenvalue weighted by molar-refractivity contribution is -0.137. The molecule has 150 valence electrons. The highest BCUT2D eigenvalue weighted by atomic mass is 19.4. The van der Waals surface area contributed by atoms with E-state index in [0.717, 1.165) is 43.5 Å². The van der Waals surface area contributed by atoms with Crippen molar-refractivity contribution >= 4 is 11.6 Å². The van der Waals surface area contributed by atoms with Gasteiger partial charge in [-0.2, -0.15) is 13.2 Å². The van der Waals surface area contributed by atoms with E-state index in [1.165, 1.54) is 24.3 Å². The summed E-state index contributed by atoms with van der Waals surface area (Å²) in [5.41, 5.74) is 0.301. The topological polar surface area (TPSA) is 32.3 Å². The Morgan fingerprint density at radius 1 is 1.07 bits per heavy atom. The van der Waals surface area contributed by atoms with Gasteiger partial charge >= 0.3 is 6.18 Å². The van der Waals surface area contributed by atoms with Crippen molar-refractivity contribution < 1.29 is 22.4 Å². The standard InChI is InChI=1S/C21H22F4N2O/c22-17-5-1-2-6-18(17)26-20(28)12-14-27-13-4-3-7-19(27)15-8-10-16(11-9-15)21(23,24)25/h1-2,5-6,8-11,19H,3-4,7,12-14H2,(H,26,28). The van der Waals surface area contributed by atoms with Crippen molar-refractivity contribution in [3.8, 4) is 0 Å². The minimum Gasteiger partial charge on any atom is -0.324 e. The number of para-hydroxylation sites is 1. The average molecular weight is 394 g/mol. The molecule has 0 aromatic heterocycles. The molecule has 0 saturated carbocycles. The number of hydrogen-bond donors (Lipinski definition) is 1. The van der Waals surface area contributed by atoms with Gasteiger partial charge in [-0.1, -0.05) is 30.7 Å². The lowest BCUT2D eigenvalue weighted by atomic mass is 9.94. The molecule has 1 atom stereocenters. The van der Waals surface area contributed by atoms with Gasteiger partial charge in [0.15, 0.2) is 0 Å². The van der Waals surface area contributed by atoms with Crippen LogP contribution in [0.15, 0.2) is 48.5 Å². The van der Waals surface area contributed by atoms with Gasteiger partial charge in [0.1, 0.15) is 5.82 Å². The second-order valence-electron chi connectivity index (χ2n) is 6.95. The first-order valence-corrected chi connectivity index (χ1v) is 9.30. The van der Waals surface area contributed by atoms with Crippen molar-refractivity contribution in [1.29, 1.82) is 0 Å². The molecule has 0 spiro atoms. The molecule has 3 rings (SSSR count). The summed E-state index contributed by atoms with van der Waals surface area (Å²) in [6, 6.07) is 11.2. The monoisotopic (exact) mass is 394 g/mol. The Morgan fingerprint density at radius 2 is 1.79 bits per heavy atom. The van der Waals surface area contributed by atoms with Gasteiger partial charge in [0, 0.05) is 19.0 Å². The molecule has 0 radical (unpaired) electrons. The van der Waals surface area contributed by atoms with Crippen LogP contribution in [-0.2, 0) is 11.0 Å². The van der Waals surface area contributed by atoms with E-state index in [2.05, 4.69) is 10.2 Å². The van der Waals surface area contributed by atoms with Gasteiger partial charge in [0.2, 0.25) is 5.91 Å². The van der Waals surface area contributed by atoms with Gasteiger partial charge in [-0.15, -0.1) is 0 Å². The van der Waals surface area contributed by atoms with Crippen molar-refractivity contribution in [3.63, 3.8) is 0 Å². The number of benzene rings is 2. The second-order valence-corrected chi connectivity index (χ2v) is 6.95. The summed E-state index contributed by atoms with van der Waals surface area (Å²) in [6.45, 7) is 1.24. The summed E-state index contributed by atoms with van der Waals surface area (Å²) in [7, 11) is 0. The van der Waals surface area contributed by atoms with E-state index in [1.54, 1.807) is 12.1 Å². The number of piperidine rings is 1. The fourth-order valence-electron chi connectivity index (χ4n) is 3.55. The normalized spacial score (nSPS) is 18.1. The van der Waals surface area contributed by atoms with E-state index in [1.807, 2.05) is 0 Å². The summed E-state index contributed by atoms with van der Waals surface area (Å²) >= 11 is 0. The number of anilines is 1. The maximum absolute atomic E-state index is 13.6. The highest BCUT2D eigenvalue weighted by Crippen LogP contribution is 2.34. The zero-order chi connectivity index (χ0) is 20.1. The van der Waals surface area contributed by atoms with Gasteiger partial charge in [-0.05, 0) is 49.2 Å². The van der Waals surface area contributed by atoms with Gasteiger partial charge in [-0.3, -0.25) is 9.69 Å². The maximum atomic E-state index is 13.6. The highest BCUT2D eigenvalue weighted by molar-refractivity contribution is 5.90. The number of likely N-dealkylation sites (tertiary alicyclic amines) is 1. The van der Waals surface area contributed by atoms with E-state index in [-0.39, 0.29) is 24.1 Å². The number of hydrogen-bond acceptors (Lipinski definition) is 2. The predicted molar refractivity (Wildman–Crippen MR) is 99.3 cm³/mol. The zero-order valence-corrected chi connectivity index (χ0v) is 15.3. The van der Waals surface area contributed by atoms with Crippen molar-refractivity contribution in [1.82, 2.24) is 4.90 Å². The molecule has 1 aliphatic heterocycles. The molecular weight excluding hydrogens is 372 g/mol. The number of carbonyl (C=O) groups is 1. The van der Waals surface area contributed by atoms with Crippen LogP contribution in [-0.4, -0.2) is 23.9 Å². The SMILES string of the molecule is O=C(CCN1CCCCC1c1ccc(C(F)(F)F)cc1)Nc1ccccc1F. The third-order valence-electron chi connectivity index (χ3n) is 5.01. The quantitative estimate of drug-likeness (QED) is 0.689. The summed E-state index contributed by atoms with van der Waals surface area (Å²) in [4.78, 5) is 14.3. The van der Waals surface area contributed by atoms with Crippen molar-refractivity contribution in [2.24, 2.45) is 0 Å². The molecule has 1 fully saturated rings. The first-order valence-electron chi connectivity index (χ1n) is 9.30. The Hall–Kier alpha value is -2.41. The molecule has 1 aliphatic rings. The molecule has 3 nitrogen and oxygen atoms in total. The first-order chi connectivity index (χ1) is 13.3. The third kappa shape index (κ3) is 5.10. The first kappa shape index (κ1) is 20.3. The molecule has 1 heterocycles. The average Bonchev–Trinajstić information content (AvgIpc) is 2.68. The van der Waals surface area contributed by atoms with Crippen LogP contribution < -0.4 is 5.32 Å². The summed E-state index contributed by atoms with van der Waals surface area (Å²) < 4.78 is 52.0. The fraction of sp³-hybridized carbons (Fsp3) is 0.381. The smallest absolute Gasteiger partial charge is 0.324 e. The third-order valence-corrected chi connectivity index (χ3v) is 5.01. The van der Waals surface area contributed by atoms with Crippen LogP contribution in [0.5, 0.6) is 0 Å². The van der Waals surface area contributed by atoms with E-state index < -0.39 is 17.6 Å². The largest absolute Gasteiger partial charge is 0.416 e. The molecule has 1 amide bonds. The predicted octanol–water partition coefficient (Wildman–Crippen LogP) is 5.40. The van der Waals surface area contributed by atoms with Crippen LogP contribution in [0.4, 0.5) is 23.2 Å². The molecule has 1 N–H and O–H groups in total. The maximum Gasteiger partial charge on any atom is 0.416 e. The number of rotatable bonds is 5. The zero-order valence-electron chi connectivity index (χ0n) is 15.3. The fourth-order valence-corrected chi connectivity index (χ4v) is 3.55. The van der Waals surface area contributed by atoms with Crippen LogP contribution in [0.2, 0.25) is 0 Å². The van der Waals surface area contributed by atoms with Gasteiger partial charge in [-0.25, -0.2) is 4.39 Å². The minimum atomic E-state index is -4.35. The Balaban J connectivity index is 1.62. The van der Waals surface area contributed by atoms with Crippen LogP contribution in [0.3, 0.4) is 0 Å². The van der Waals surface area contributed by atoms with Crippen LogP contribution in [0.1, 0.15) is 42.9 Å². The van der Waals surface area contributed by atoms with Crippen molar-refractivity contribution in [3.05, 3.63) is 65.5 Å². The molecule has 28 heavy (non-hydrogen) atoms. The molecule has 2 aromatic carbocycles. The Morgan fingerprint density at radius 3 is 2.46 bits per heavy atom. The Labute approximate surface area is 161 Å².